The number of hydrogen-bond donors (Lipinski definition) is 0. The van der Waals surface area contributed by atoms with Crippen LogP contribution in [0.25, 0.3) is 0 Å². The van der Waals surface area contributed by atoms with E-state index in [2.05, 4.69) is 11.9 Å². The molecule has 1 aliphatic heterocycles. The van der Waals surface area contributed by atoms with E-state index in [4.69, 9.17) is 31.9 Å². The van der Waals surface area contributed by atoms with Gasteiger partial charge in [-0.3, -0.25) is 4.79 Å². The molecule has 250 valence electrons. The molecule has 0 fully saturated rings. The van der Waals surface area contributed by atoms with Crippen molar-refractivity contribution >= 4 is 39.4 Å². The first kappa shape index (κ1) is 36.8. The number of methoxy groups -OCH3 is 3. The first-order chi connectivity index (χ1) is 21.7. The number of thioether (sulfide) groups is 1. The fourth-order valence-corrected chi connectivity index (χ4v) is 6.50. The van der Waals surface area contributed by atoms with Crippen molar-refractivity contribution in [1.29, 1.82) is 0 Å². The molecule has 1 unspecified atom stereocenters. The molecule has 1 heterocycles. The summed E-state index contributed by atoms with van der Waals surface area (Å²) in [6.07, 6.45) is 0.462. The second-order valence-electron chi connectivity index (χ2n) is 11.0. The lowest BCUT2D eigenvalue weighted by atomic mass is 10.0. The number of quaternary nitrogens is 1. The zero-order valence-electron chi connectivity index (χ0n) is 27.2. The van der Waals surface area contributed by atoms with Gasteiger partial charge >= 0.3 is 11.9 Å². The van der Waals surface area contributed by atoms with Crippen molar-refractivity contribution in [2.75, 3.05) is 61.3 Å². The number of nitrogens with zero attached hydrogens (tertiary/aromatic N) is 2. The Morgan fingerprint density at radius 2 is 1.59 bits per heavy atom. The molecule has 4 rings (SSSR count). The van der Waals surface area contributed by atoms with Crippen LogP contribution in [0.1, 0.15) is 23.3 Å². The second-order valence-corrected chi connectivity index (χ2v) is 13.6. The van der Waals surface area contributed by atoms with Crippen LogP contribution in [0.15, 0.2) is 71.6 Å². The van der Waals surface area contributed by atoms with Gasteiger partial charge in [0.05, 0.1) is 48.6 Å². The number of amides is 1. The average Bonchev–Trinajstić information content (AvgIpc) is 3.11. The standard InChI is InChI=1S/C32H39N2O6S.CH4O3S/c1-22(35)40-30-31(24-12-14-25(37-4)15-13-24)41-29-10-8-7-9-26(29)34(3,32(30)36)20-19-33(2)18-17-23-11-16-27(38-5)28(21-23)39-6;1-5(2,3)4/h7-16,21,30-31H,17-20H2,1-6H3;1H3,(H,2,3,4)/q+1;/p-1/t30-,31+,34?;/m0./s1. The molecule has 0 N–H and O–H groups in total. The molecular weight excluding hydrogens is 633 g/mol. The monoisotopic (exact) mass is 674 g/mol. The van der Waals surface area contributed by atoms with E-state index in [1.54, 1.807) is 33.1 Å². The van der Waals surface area contributed by atoms with E-state index in [9.17, 15) is 9.59 Å². The lowest BCUT2D eigenvalue weighted by molar-refractivity contribution is -0.157. The highest BCUT2D eigenvalue weighted by Gasteiger charge is 2.50. The first-order valence-corrected chi connectivity index (χ1v) is 17.2. The van der Waals surface area contributed by atoms with E-state index in [0.29, 0.717) is 30.8 Å². The lowest BCUT2D eigenvalue weighted by Gasteiger charge is -2.34. The Labute approximate surface area is 275 Å². The van der Waals surface area contributed by atoms with Crippen LogP contribution in [-0.2, 0) is 30.9 Å². The summed E-state index contributed by atoms with van der Waals surface area (Å²) in [6, 6.07) is 21.5. The molecule has 0 saturated carbocycles. The third kappa shape index (κ3) is 9.94. The Hall–Kier alpha value is -3.62. The number of fused-ring (bicyclic) bond motifs is 1. The van der Waals surface area contributed by atoms with E-state index in [1.807, 2.05) is 73.8 Å². The van der Waals surface area contributed by atoms with Crippen molar-refractivity contribution in [2.45, 2.75) is 29.6 Å². The molecular formula is C33H42N2O9S2. The minimum atomic E-state index is -3.92. The zero-order valence-corrected chi connectivity index (χ0v) is 28.9. The summed E-state index contributed by atoms with van der Waals surface area (Å²) in [5, 5.41) is -0.402. The van der Waals surface area contributed by atoms with Gasteiger partial charge in [-0.05, 0) is 54.9 Å². The molecule has 3 aromatic rings. The number of benzene rings is 3. The van der Waals surface area contributed by atoms with Gasteiger partial charge in [-0.15, -0.1) is 11.8 Å². The van der Waals surface area contributed by atoms with Crippen LogP contribution in [0.3, 0.4) is 0 Å². The van der Waals surface area contributed by atoms with Gasteiger partial charge < -0.3 is 28.4 Å². The van der Waals surface area contributed by atoms with Crippen LogP contribution in [0, 0.1) is 0 Å². The summed E-state index contributed by atoms with van der Waals surface area (Å²) < 4.78 is 49.2. The van der Waals surface area contributed by atoms with Crippen LogP contribution >= 0.6 is 11.8 Å². The van der Waals surface area contributed by atoms with Crippen LogP contribution in [-0.4, -0.2) is 97.2 Å². The predicted molar refractivity (Wildman–Crippen MR) is 178 cm³/mol. The highest BCUT2D eigenvalue weighted by Crippen LogP contribution is 2.48. The Morgan fingerprint density at radius 3 is 2.17 bits per heavy atom. The Kier molecular flexibility index (Phi) is 13.0. The smallest absolute Gasteiger partial charge is 0.361 e. The summed E-state index contributed by atoms with van der Waals surface area (Å²) in [4.78, 5) is 29.9. The number of esters is 1. The molecule has 0 saturated heterocycles. The summed E-state index contributed by atoms with van der Waals surface area (Å²) >= 11 is 1.56. The highest BCUT2D eigenvalue weighted by atomic mass is 32.2. The third-order valence-corrected chi connectivity index (χ3v) is 8.92. The molecule has 1 amide bonds. The SMILES string of the molecule is COc1ccc([C@H]2Sc3ccccc3[N+](C)(CCN(C)CCc3ccc(OC)c(OC)c3)C(=O)[C@H]2OC(C)=O)cc1.CS(=O)(=O)[O-]. The van der Waals surface area contributed by atoms with Gasteiger partial charge in [0.2, 0.25) is 6.10 Å². The maximum absolute atomic E-state index is 14.4. The van der Waals surface area contributed by atoms with Crippen LogP contribution < -0.4 is 18.7 Å². The van der Waals surface area contributed by atoms with Gasteiger partial charge in [0.1, 0.15) is 12.3 Å². The molecule has 13 heteroatoms. The first-order valence-electron chi connectivity index (χ1n) is 14.5. The fourth-order valence-electron chi connectivity index (χ4n) is 5.09. The van der Waals surface area contributed by atoms with E-state index in [1.165, 1.54) is 6.92 Å². The van der Waals surface area contributed by atoms with Gasteiger partial charge in [0, 0.05) is 32.3 Å². The van der Waals surface area contributed by atoms with E-state index in [-0.39, 0.29) is 10.4 Å². The number of carbonyl (C=O) groups excluding carboxylic acids is 2. The van der Waals surface area contributed by atoms with E-state index in [0.717, 1.165) is 40.4 Å². The quantitative estimate of drug-likeness (QED) is 0.164. The second kappa shape index (κ2) is 16.3. The number of likely N-dealkylation sites (N-methyl/N-ethyl adjacent to an activating group) is 2. The van der Waals surface area contributed by atoms with Crippen molar-refractivity contribution in [3.63, 3.8) is 0 Å². The topological polar surface area (TPSA) is 132 Å². The molecule has 1 aliphatic rings. The molecule has 3 atom stereocenters. The maximum atomic E-state index is 14.4. The van der Waals surface area contributed by atoms with Crippen molar-refractivity contribution < 1.29 is 41.5 Å². The molecule has 0 radical (unpaired) electrons. The Bertz CT molecular complexity index is 1590. The van der Waals surface area contributed by atoms with Crippen LogP contribution in [0.5, 0.6) is 17.2 Å². The number of para-hydroxylation sites is 1. The summed E-state index contributed by atoms with van der Waals surface area (Å²) in [5.74, 6) is 1.50. The van der Waals surface area contributed by atoms with Crippen molar-refractivity contribution in [2.24, 2.45) is 0 Å². The third-order valence-electron chi connectivity index (χ3n) is 7.55. The van der Waals surface area contributed by atoms with Crippen molar-refractivity contribution in [3.8, 4) is 17.2 Å². The summed E-state index contributed by atoms with van der Waals surface area (Å²) in [6.45, 7) is 3.33. The molecule has 46 heavy (non-hydrogen) atoms. The molecule has 3 aromatic carbocycles. The van der Waals surface area contributed by atoms with E-state index < -0.39 is 27.4 Å². The number of carbonyl (C=O) groups is 2. The van der Waals surface area contributed by atoms with Gasteiger partial charge in [-0.1, -0.05) is 30.3 Å². The largest absolute Gasteiger partial charge is 0.748 e. The highest BCUT2D eigenvalue weighted by molar-refractivity contribution is 7.99. The minimum Gasteiger partial charge on any atom is -0.748 e. The zero-order chi connectivity index (χ0) is 34.1. The van der Waals surface area contributed by atoms with Gasteiger partial charge in [-0.2, -0.15) is 0 Å². The minimum absolute atomic E-state index is 0.0223. The average molecular weight is 675 g/mol. The Morgan fingerprint density at radius 1 is 0.957 bits per heavy atom. The van der Waals surface area contributed by atoms with Crippen LogP contribution in [0.2, 0.25) is 0 Å². The molecule has 11 nitrogen and oxygen atoms in total. The lowest BCUT2D eigenvalue weighted by Crippen LogP contribution is -2.58. The fraction of sp³-hybridized carbons (Fsp3) is 0.394. The van der Waals surface area contributed by atoms with Crippen LogP contribution in [0.4, 0.5) is 5.69 Å². The van der Waals surface area contributed by atoms with Gasteiger partial charge in [0.25, 0.3) is 0 Å². The van der Waals surface area contributed by atoms with Gasteiger partial charge in [-0.25, -0.2) is 17.7 Å². The molecule has 0 spiro atoms. The molecule has 0 bridgehead atoms. The normalized spacial score (nSPS) is 19.3. The predicted octanol–water partition coefficient (Wildman–Crippen LogP) is 4.29. The summed E-state index contributed by atoms with van der Waals surface area (Å²) in [5.41, 5.74) is 2.94. The number of ether oxygens (including phenoxy) is 4. The van der Waals surface area contributed by atoms with Gasteiger partial charge in [0.15, 0.2) is 17.2 Å². The maximum Gasteiger partial charge on any atom is 0.361 e. The Balaban J connectivity index is 0.00000107. The molecule has 0 aliphatic carbocycles. The molecule has 0 aromatic heterocycles. The van der Waals surface area contributed by atoms with Crippen molar-refractivity contribution in [1.82, 2.24) is 9.38 Å². The number of hydrogen-bond acceptors (Lipinski definition) is 11. The summed E-state index contributed by atoms with van der Waals surface area (Å²) in [7, 11) is 4.94. The van der Waals surface area contributed by atoms with Crippen molar-refractivity contribution in [3.05, 3.63) is 77.9 Å². The number of rotatable bonds is 11. The van der Waals surface area contributed by atoms with E-state index >= 15 is 0 Å².